The Balaban J connectivity index is 2.07. The van der Waals surface area contributed by atoms with Gasteiger partial charge in [-0.25, -0.2) is 0 Å². The van der Waals surface area contributed by atoms with Crippen molar-refractivity contribution in [1.29, 1.82) is 0 Å². The van der Waals surface area contributed by atoms with Gasteiger partial charge in [-0.1, -0.05) is 26.7 Å². The molecule has 0 aromatic heterocycles. The van der Waals surface area contributed by atoms with Crippen LogP contribution in [-0.2, 0) is 9.59 Å². The number of carbonyl (C=O) groups excluding carboxylic acids is 2. The summed E-state index contributed by atoms with van der Waals surface area (Å²) in [5, 5.41) is 5.94. The molecule has 0 aromatic carbocycles. The lowest BCUT2D eigenvalue weighted by atomic mass is 10.2. The molecule has 5 nitrogen and oxygen atoms in total. The highest BCUT2D eigenvalue weighted by molar-refractivity contribution is 5.78. The Hall–Kier alpha value is -1.10. The molecular weight excluding hydrogens is 254 g/mol. The van der Waals surface area contributed by atoms with Gasteiger partial charge in [0.05, 0.1) is 6.54 Å². The van der Waals surface area contributed by atoms with E-state index < -0.39 is 0 Å². The molecule has 1 aliphatic heterocycles. The van der Waals surface area contributed by atoms with E-state index in [4.69, 9.17) is 0 Å². The fourth-order valence-electron chi connectivity index (χ4n) is 2.24. The first-order chi connectivity index (χ1) is 9.59. The molecule has 1 aliphatic rings. The standard InChI is InChI=1S/C15H29N3O2/c1-13(2)11-17-14(19)7-8-16-12-15(20)18-9-5-3-4-6-10-18/h13,16H,3-12H2,1-2H3,(H,17,19). The van der Waals surface area contributed by atoms with E-state index in [1.807, 2.05) is 4.90 Å². The van der Waals surface area contributed by atoms with Gasteiger partial charge in [0, 0.05) is 32.6 Å². The van der Waals surface area contributed by atoms with E-state index in [0.29, 0.717) is 32.0 Å². The summed E-state index contributed by atoms with van der Waals surface area (Å²) in [6.07, 6.45) is 5.12. The molecule has 0 saturated carbocycles. The van der Waals surface area contributed by atoms with Crippen LogP contribution in [0.1, 0.15) is 46.0 Å². The number of nitrogens with one attached hydrogen (secondary N) is 2. The summed E-state index contributed by atoms with van der Waals surface area (Å²) in [5.41, 5.74) is 0. The van der Waals surface area contributed by atoms with Gasteiger partial charge in [0.2, 0.25) is 11.8 Å². The van der Waals surface area contributed by atoms with Crippen LogP contribution < -0.4 is 10.6 Å². The molecule has 0 aromatic rings. The van der Waals surface area contributed by atoms with Gasteiger partial charge in [0.25, 0.3) is 0 Å². The zero-order valence-corrected chi connectivity index (χ0v) is 12.9. The number of likely N-dealkylation sites (tertiary alicyclic amines) is 1. The van der Waals surface area contributed by atoms with E-state index in [-0.39, 0.29) is 11.8 Å². The minimum absolute atomic E-state index is 0.0495. The van der Waals surface area contributed by atoms with Gasteiger partial charge in [-0.3, -0.25) is 9.59 Å². The first kappa shape index (κ1) is 17.0. The maximum absolute atomic E-state index is 12.0. The summed E-state index contributed by atoms with van der Waals surface area (Å²) < 4.78 is 0. The topological polar surface area (TPSA) is 61.4 Å². The highest BCUT2D eigenvalue weighted by Gasteiger charge is 2.14. The van der Waals surface area contributed by atoms with Crippen molar-refractivity contribution in [2.24, 2.45) is 5.92 Å². The number of carbonyl (C=O) groups is 2. The fraction of sp³-hybridized carbons (Fsp3) is 0.867. The Morgan fingerprint density at radius 2 is 1.75 bits per heavy atom. The molecule has 1 saturated heterocycles. The van der Waals surface area contributed by atoms with E-state index in [1.54, 1.807) is 0 Å². The zero-order valence-electron chi connectivity index (χ0n) is 12.9. The number of rotatable bonds is 7. The van der Waals surface area contributed by atoms with Crippen molar-refractivity contribution in [2.45, 2.75) is 46.0 Å². The Morgan fingerprint density at radius 3 is 2.35 bits per heavy atom. The summed E-state index contributed by atoms with van der Waals surface area (Å²) in [7, 11) is 0. The maximum Gasteiger partial charge on any atom is 0.236 e. The summed E-state index contributed by atoms with van der Waals surface area (Å²) in [6, 6.07) is 0. The molecule has 0 atom stereocenters. The molecule has 5 heteroatoms. The third-order valence-electron chi connectivity index (χ3n) is 3.47. The van der Waals surface area contributed by atoms with Crippen LogP contribution in [0.25, 0.3) is 0 Å². The minimum Gasteiger partial charge on any atom is -0.356 e. The van der Waals surface area contributed by atoms with Crippen molar-refractivity contribution in [3.63, 3.8) is 0 Å². The predicted octanol–water partition coefficient (Wildman–Crippen LogP) is 1.14. The smallest absolute Gasteiger partial charge is 0.236 e. The number of amides is 2. The van der Waals surface area contributed by atoms with Crippen LogP contribution in [0.4, 0.5) is 0 Å². The molecule has 1 fully saturated rings. The molecule has 116 valence electrons. The van der Waals surface area contributed by atoms with Crippen LogP contribution in [0, 0.1) is 5.92 Å². The van der Waals surface area contributed by atoms with E-state index in [2.05, 4.69) is 24.5 Å². The van der Waals surface area contributed by atoms with Crippen LogP contribution in [0.15, 0.2) is 0 Å². The van der Waals surface area contributed by atoms with Gasteiger partial charge in [0.15, 0.2) is 0 Å². The van der Waals surface area contributed by atoms with Crippen molar-refractivity contribution in [2.75, 3.05) is 32.7 Å². The second-order valence-corrected chi connectivity index (χ2v) is 5.92. The van der Waals surface area contributed by atoms with E-state index in [0.717, 1.165) is 25.9 Å². The summed E-state index contributed by atoms with van der Waals surface area (Å²) in [4.78, 5) is 25.4. The van der Waals surface area contributed by atoms with Gasteiger partial charge >= 0.3 is 0 Å². The molecule has 2 amide bonds. The van der Waals surface area contributed by atoms with E-state index >= 15 is 0 Å². The molecule has 1 rings (SSSR count). The lowest BCUT2D eigenvalue weighted by Gasteiger charge is -2.20. The first-order valence-corrected chi connectivity index (χ1v) is 7.85. The van der Waals surface area contributed by atoms with Gasteiger partial charge < -0.3 is 15.5 Å². The Bertz CT molecular complexity index is 297. The molecule has 2 N–H and O–H groups in total. The third kappa shape index (κ3) is 7.48. The molecular formula is C15H29N3O2. The van der Waals surface area contributed by atoms with Crippen LogP contribution in [-0.4, -0.2) is 49.4 Å². The summed E-state index contributed by atoms with van der Waals surface area (Å²) in [6.45, 7) is 7.52. The Morgan fingerprint density at radius 1 is 1.10 bits per heavy atom. The van der Waals surface area contributed by atoms with Gasteiger partial charge in [-0.05, 0) is 18.8 Å². The molecule has 0 unspecified atom stereocenters. The van der Waals surface area contributed by atoms with Crippen molar-refractivity contribution in [1.82, 2.24) is 15.5 Å². The van der Waals surface area contributed by atoms with Crippen LogP contribution in [0.3, 0.4) is 0 Å². The first-order valence-electron chi connectivity index (χ1n) is 7.85. The number of nitrogens with zero attached hydrogens (tertiary/aromatic N) is 1. The molecule has 0 bridgehead atoms. The predicted molar refractivity (Wildman–Crippen MR) is 80.4 cm³/mol. The van der Waals surface area contributed by atoms with Crippen molar-refractivity contribution in [3.05, 3.63) is 0 Å². The van der Waals surface area contributed by atoms with Crippen LogP contribution in [0.2, 0.25) is 0 Å². The number of hydrogen-bond donors (Lipinski definition) is 2. The molecule has 20 heavy (non-hydrogen) atoms. The molecule has 1 heterocycles. The average Bonchev–Trinajstić information content (AvgIpc) is 2.70. The Kier molecular flexibility index (Phi) is 8.26. The van der Waals surface area contributed by atoms with Crippen LogP contribution >= 0.6 is 0 Å². The minimum atomic E-state index is 0.0495. The zero-order chi connectivity index (χ0) is 14.8. The Labute approximate surface area is 122 Å². The van der Waals surface area contributed by atoms with Gasteiger partial charge in [-0.2, -0.15) is 0 Å². The largest absolute Gasteiger partial charge is 0.356 e. The second kappa shape index (κ2) is 9.75. The highest BCUT2D eigenvalue weighted by atomic mass is 16.2. The summed E-state index contributed by atoms with van der Waals surface area (Å²) >= 11 is 0. The number of hydrogen-bond acceptors (Lipinski definition) is 3. The van der Waals surface area contributed by atoms with Crippen LogP contribution in [0.5, 0.6) is 0 Å². The van der Waals surface area contributed by atoms with Crippen molar-refractivity contribution >= 4 is 11.8 Å². The van der Waals surface area contributed by atoms with Gasteiger partial charge in [0.1, 0.15) is 0 Å². The second-order valence-electron chi connectivity index (χ2n) is 5.92. The SMILES string of the molecule is CC(C)CNC(=O)CCNCC(=O)N1CCCCCC1. The molecule has 0 radical (unpaired) electrons. The van der Waals surface area contributed by atoms with E-state index in [9.17, 15) is 9.59 Å². The average molecular weight is 283 g/mol. The lowest BCUT2D eigenvalue weighted by Crippen LogP contribution is -2.39. The lowest BCUT2D eigenvalue weighted by molar-refractivity contribution is -0.130. The summed E-state index contributed by atoms with van der Waals surface area (Å²) in [5.74, 6) is 0.680. The van der Waals surface area contributed by atoms with Gasteiger partial charge in [-0.15, -0.1) is 0 Å². The monoisotopic (exact) mass is 283 g/mol. The quantitative estimate of drug-likeness (QED) is 0.689. The maximum atomic E-state index is 12.0. The van der Waals surface area contributed by atoms with Crippen molar-refractivity contribution < 1.29 is 9.59 Å². The normalized spacial score (nSPS) is 16.1. The highest BCUT2D eigenvalue weighted by Crippen LogP contribution is 2.09. The molecule has 0 aliphatic carbocycles. The molecule has 0 spiro atoms. The fourth-order valence-corrected chi connectivity index (χ4v) is 2.24. The van der Waals surface area contributed by atoms with E-state index in [1.165, 1.54) is 12.8 Å². The third-order valence-corrected chi connectivity index (χ3v) is 3.47. The van der Waals surface area contributed by atoms with Crippen molar-refractivity contribution in [3.8, 4) is 0 Å².